The maximum atomic E-state index is 11.4. The Hall–Kier alpha value is 0.01000. The molecule has 0 aliphatic rings. The fourth-order valence-corrected chi connectivity index (χ4v) is 2.01. The molecule has 0 saturated carbocycles. The van der Waals surface area contributed by atoms with Gasteiger partial charge in [-0.1, -0.05) is 15.9 Å². The number of benzene rings is 1. The SMILES string of the molecule is O=C(CCCl)c1ccc(Br)cc1S. The summed E-state index contributed by atoms with van der Waals surface area (Å²) in [5.74, 6) is 0.384. The minimum absolute atomic E-state index is 0.0347. The maximum absolute atomic E-state index is 11.4. The van der Waals surface area contributed by atoms with E-state index in [1.807, 2.05) is 6.07 Å². The molecule has 0 unspecified atom stereocenters. The Balaban J connectivity index is 2.95. The molecule has 0 atom stereocenters. The fourth-order valence-electron chi connectivity index (χ4n) is 0.961. The van der Waals surface area contributed by atoms with Crippen LogP contribution >= 0.6 is 40.2 Å². The highest BCUT2D eigenvalue weighted by Gasteiger charge is 2.08. The van der Waals surface area contributed by atoms with Gasteiger partial charge in [-0.05, 0) is 18.2 Å². The van der Waals surface area contributed by atoms with Crippen molar-refractivity contribution in [3.05, 3.63) is 28.2 Å². The van der Waals surface area contributed by atoms with Gasteiger partial charge < -0.3 is 0 Å². The number of carbonyl (C=O) groups excluding carboxylic acids is 1. The largest absolute Gasteiger partial charge is 0.294 e. The maximum Gasteiger partial charge on any atom is 0.165 e. The molecule has 4 heteroatoms. The Labute approximate surface area is 96.0 Å². The fraction of sp³-hybridized carbons (Fsp3) is 0.222. The predicted octanol–water partition coefficient (Wildman–Crippen LogP) is 3.55. The molecular weight excluding hydrogens is 272 g/mol. The Kier molecular flexibility index (Phi) is 4.29. The van der Waals surface area contributed by atoms with Crippen LogP contribution < -0.4 is 0 Å². The quantitative estimate of drug-likeness (QED) is 0.509. The van der Waals surface area contributed by atoms with Crippen molar-refractivity contribution in [2.45, 2.75) is 11.3 Å². The second-order valence-corrected chi connectivity index (χ2v) is 4.30. The first-order valence-corrected chi connectivity index (χ1v) is 5.50. The van der Waals surface area contributed by atoms with E-state index in [1.165, 1.54) is 0 Å². The smallest absolute Gasteiger partial charge is 0.165 e. The zero-order valence-electron chi connectivity index (χ0n) is 6.76. The number of ketones is 1. The zero-order valence-corrected chi connectivity index (χ0v) is 9.99. The summed E-state index contributed by atoms with van der Waals surface area (Å²) >= 11 is 13.0. The van der Waals surface area contributed by atoms with Crippen LogP contribution in [0, 0.1) is 0 Å². The van der Waals surface area contributed by atoms with E-state index in [2.05, 4.69) is 28.6 Å². The van der Waals surface area contributed by atoms with Crippen molar-refractivity contribution in [1.29, 1.82) is 0 Å². The van der Waals surface area contributed by atoms with Crippen LogP contribution in [0.1, 0.15) is 16.8 Å². The summed E-state index contributed by atoms with van der Waals surface area (Å²) in [6, 6.07) is 5.37. The predicted molar refractivity (Wildman–Crippen MR) is 61.1 cm³/mol. The third-order valence-electron chi connectivity index (χ3n) is 1.58. The summed E-state index contributed by atoms with van der Waals surface area (Å²) in [5, 5.41) is 0. The molecule has 0 fully saturated rings. The van der Waals surface area contributed by atoms with Crippen LogP contribution in [0.4, 0.5) is 0 Å². The summed E-state index contributed by atoms with van der Waals surface area (Å²) in [6.45, 7) is 0. The van der Waals surface area contributed by atoms with Gasteiger partial charge in [0.15, 0.2) is 5.78 Å². The number of hydrogen-bond acceptors (Lipinski definition) is 2. The number of hydrogen-bond donors (Lipinski definition) is 1. The van der Waals surface area contributed by atoms with Gasteiger partial charge in [0.1, 0.15) is 0 Å². The highest BCUT2D eigenvalue weighted by atomic mass is 79.9. The van der Waals surface area contributed by atoms with Gasteiger partial charge in [-0.2, -0.15) is 0 Å². The van der Waals surface area contributed by atoms with E-state index in [-0.39, 0.29) is 5.78 Å². The van der Waals surface area contributed by atoms with E-state index in [1.54, 1.807) is 12.1 Å². The monoisotopic (exact) mass is 278 g/mol. The van der Waals surface area contributed by atoms with Crippen molar-refractivity contribution in [3.8, 4) is 0 Å². The minimum atomic E-state index is 0.0347. The molecule has 0 spiro atoms. The summed E-state index contributed by atoms with van der Waals surface area (Å²) in [6.07, 6.45) is 0.358. The van der Waals surface area contributed by atoms with Crippen LogP contribution in [0.5, 0.6) is 0 Å². The van der Waals surface area contributed by atoms with Crippen molar-refractivity contribution < 1.29 is 4.79 Å². The van der Waals surface area contributed by atoms with Crippen LogP contribution in [0.15, 0.2) is 27.6 Å². The van der Waals surface area contributed by atoms with Crippen LogP contribution in [0.25, 0.3) is 0 Å². The normalized spacial score (nSPS) is 10.1. The van der Waals surface area contributed by atoms with Crippen molar-refractivity contribution in [3.63, 3.8) is 0 Å². The van der Waals surface area contributed by atoms with Gasteiger partial charge in [-0.25, -0.2) is 0 Å². The summed E-state index contributed by atoms with van der Waals surface area (Å²) in [4.78, 5) is 12.1. The molecule has 13 heavy (non-hydrogen) atoms. The molecule has 1 aromatic rings. The van der Waals surface area contributed by atoms with Crippen molar-refractivity contribution in [1.82, 2.24) is 0 Å². The zero-order chi connectivity index (χ0) is 9.84. The lowest BCUT2D eigenvalue weighted by Crippen LogP contribution is -2.00. The summed E-state index contributed by atoms with van der Waals surface area (Å²) in [7, 11) is 0. The second-order valence-electron chi connectivity index (χ2n) is 2.52. The lowest BCUT2D eigenvalue weighted by atomic mass is 10.1. The number of Topliss-reactive ketones (excluding diaryl/α,β-unsaturated/α-hetero) is 1. The third kappa shape index (κ3) is 3.01. The molecule has 1 rings (SSSR count). The first-order valence-electron chi connectivity index (χ1n) is 3.73. The first-order chi connectivity index (χ1) is 6.15. The second kappa shape index (κ2) is 5.03. The molecule has 0 radical (unpaired) electrons. The van der Waals surface area contributed by atoms with E-state index in [4.69, 9.17) is 11.6 Å². The summed E-state index contributed by atoms with van der Waals surface area (Å²) < 4.78 is 0.917. The van der Waals surface area contributed by atoms with Crippen molar-refractivity contribution >= 4 is 45.9 Å². The van der Waals surface area contributed by atoms with Crippen LogP contribution in [0.3, 0.4) is 0 Å². The van der Waals surface area contributed by atoms with E-state index in [9.17, 15) is 4.79 Å². The topological polar surface area (TPSA) is 17.1 Å². The average molecular weight is 280 g/mol. The van der Waals surface area contributed by atoms with Crippen LogP contribution in [-0.4, -0.2) is 11.7 Å². The van der Waals surface area contributed by atoms with E-state index < -0.39 is 0 Å². The molecule has 0 bridgehead atoms. The van der Waals surface area contributed by atoms with E-state index in [0.717, 1.165) is 4.47 Å². The lowest BCUT2D eigenvalue weighted by Gasteiger charge is -2.02. The van der Waals surface area contributed by atoms with Gasteiger partial charge in [-0.3, -0.25) is 4.79 Å². The molecule has 0 N–H and O–H groups in total. The summed E-state index contributed by atoms with van der Waals surface area (Å²) in [5.41, 5.74) is 0.632. The highest BCUT2D eigenvalue weighted by Crippen LogP contribution is 2.21. The molecule has 1 aromatic carbocycles. The number of thiol groups is 1. The Morgan fingerprint density at radius 2 is 2.23 bits per heavy atom. The molecule has 0 heterocycles. The minimum Gasteiger partial charge on any atom is -0.294 e. The molecule has 0 saturated heterocycles. The van der Waals surface area contributed by atoms with Gasteiger partial charge in [0, 0.05) is 27.2 Å². The molecule has 0 aliphatic carbocycles. The van der Waals surface area contributed by atoms with Gasteiger partial charge in [0.2, 0.25) is 0 Å². The van der Waals surface area contributed by atoms with Crippen LogP contribution in [-0.2, 0) is 0 Å². The van der Waals surface area contributed by atoms with E-state index in [0.29, 0.717) is 22.8 Å². The van der Waals surface area contributed by atoms with Gasteiger partial charge in [0.05, 0.1) is 0 Å². The number of carbonyl (C=O) groups is 1. The average Bonchev–Trinajstić information content (AvgIpc) is 2.04. The molecule has 1 nitrogen and oxygen atoms in total. The lowest BCUT2D eigenvalue weighted by molar-refractivity contribution is 0.0986. The number of rotatable bonds is 3. The molecular formula is C9H8BrClOS. The number of halogens is 2. The van der Waals surface area contributed by atoms with Gasteiger partial charge in [-0.15, -0.1) is 24.2 Å². The van der Waals surface area contributed by atoms with Crippen molar-refractivity contribution in [2.24, 2.45) is 0 Å². The van der Waals surface area contributed by atoms with Gasteiger partial charge >= 0.3 is 0 Å². The molecule has 0 amide bonds. The first kappa shape index (κ1) is 11.1. The Bertz CT molecular complexity index is 327. The molecule has 0 aromatic heterocycles. The van der Waals surface area contributed by atoms with Crippen molar-refractivity contribution in [2.75, 3.05) is 5.88 Å². The highest BCUT2D eigenvalue weighted by molar-refractivity contribution is 9.10. The van der Waals surface area contributed by atoms with Gasteiger partial charge in [0.25, 0.3) is 0 Å². The van der Waals surface area contributed by atoms with Crippen LogP contribution in [0.2, 0.25) is 0 Å². The Morgan fingerprint density at radius 3 is 2.77 bits per heavy atom. The van der Waals surface area contributed by atoms with E-state index >= 15 is 0 Å². The third-order valence-corrected chi connectivity index (χ3v) is 2.63. The standard InChI is InChI=1S/C9H8BrClOS/c10-6-1-2-7(9(13)5-6)8(12)3-4-11/h1-2,5,13H,3-4H2. The molecule has 0 aliphatic heterocycles. The Morgan fingerprint density at radius 1 is 1.54 bits per heavy atom. The number of alkyl halides is 1. The molecule has 70 valence electrons.